The van der Waals surface area contributed by atoms with Gasteiger partial charge in [-0.1, -0.05) is 70.5 Å². The molecule has 0 aliphatic carbocycles. The van der Waals surface area contributed by atoms with Crippen molar-refractivity contribution in [2.75, 3.05) is 13.2 Å². The summed E-state index contributed by atoms with van der Waals surface area (Å²) in [5.41, 5.74) is 2.88. The highest BCUT2D eigenvalue weighted by atomic mass is 79.9. The standard InChI is InChI=1S/C19H20BrNO3/c1-14(15-7-3-2-4-8-15)11-16(13-22)18(12-21(23)24)17-9-5-6-10-19(17)20/h2-11,16,18,22H,12-13H2,1H3/b14-11+/t16-,18-/m0/s1. The maximum atomic E-state index is 11.2. The molecule has 0 aliphatic heterocycles. The van der Waals surface area contributed by atoms with Gasteiger partial charge in [-0.05, 0) is 29.7 Å². The average Bonchev–Trinajstić information content (AvgIpc) is 2.59. The summed E-state index contributed by atoms with van der Waals surface area (Å²) in [6.45, 7) is 1.58. The molecule has 0 aromatic heterocycles. The van der Waals surface area contributed by atoms with E-state index in [9.17, 15) is 15.2 Å². The number of aliphatic hydroxyl groups is 1. The Bertz CT molecular complexity index is 716. The molecule has 0 saturated heterocycles. The lowest BCUT2D eigenvalue weighted by molar-refractivity contribution is -0.484. The third-order valence-corrected chi connectivity index (χ3v) is 4.79. The highest BCUT2D eigenvalue weighted by Gasteiger charge is 2.27. The van der Waals surface area contributed by atoms with Crippen LogP contribution in [-0.2, 0) is 0 Å². The van der Waals surface area contributed by atoms with Gasteiger partial charge in [0.05, 0.1) is 12.5 Å². The van der Waals surface area contributed by atoms with E-state index in [0.717, 1.165) is 21.2 Å². The van der Waals surface area contributed by atoms with Crippen molar-refractivity contribution in [3.05, 3.63) is 86.4 Å². The zero-order valence-electron chi connectivity index (χ0n) is 13.4. The molecular formula is C19H20BrNO3. The summed E-state index contributed by atoms with van der Waals surface area (Å²) in [4.78, 5) is 10.8. The number of benzene rings is 2. The van der Waals surface area contributed by atoms with E-state index in [0.29, 0.717) is 0 Å². The minimum Gasteiger partial charge on any atom is -0.396 e. The Morgan fingerprint density at radius 1 is 1.21 bits per heavy atom. The summed E-state index contributed by atoms with van der Waals surface area (Å²) < 4.78 is 0.820. The second kappa shape index (κ2) is 8.76. The maximum Gasteiger partial charge on any atom is 0.211 e. The van der Waals surface area contributed by atoms with Crippen molar-refractivity contribution < 1.29 is 10.0 Å². The van der Waals surface area contributed by atoms with Crippen molar-refractivity contribution in [3.63, 3.8) is 0 Å². The summed E-state index contributed by atoms with van der Waals surface area (Å²) in [5.74, 6) is -0.742. The SMILES string of the molecule is C/C(=C\[C@@H](CO)[C@H](C[N+](=O)[O-])c1ccccc1Br)c1ccccc1. The van der Waals surface area contributed by atoms with Gasteiger partial charge in [0.25, 0.3) is 0 Å². The normalized spacial score (nSPS) is 14.2. The van der Waals surface area contributed by atoms with Crippen LogP contribution in [0.2, 0.25) is 0 Å². The third kappa shape index (κ3) is 4.76. The number of halogens is 1. The van der Waals surface area contributed by atoms with E-state index in [4.69, 9.17) is 0 Å². The second-order valence-electron chi connectivity index (χ2n) is 5.71. The number of allylic oxidation sites excluding steroid dienone is 1. The molecular weight excluding hydrogens is 370 g/mol. The fourth-order valence-electron chi connectivity index (χ4n) is 2.82. The van der Waals surface area contributed by atoms with Gasteiger partial charge >= 0.3 is 0 Å². The molecule has 2 atom stereocenters. The molecule has 24 heavy (non-hydrogen) atoms. The zero-order valence-corrected chi connectivity index (χ0v) is 15.0. The van der Waals surface area contributed by atoms with Crippen molar-refractivity contribution in [2.24, 2.45) is 5.92 Å². The minimum atomic E-state index is -0.403. The van der Waals surface area contributed by atoms with Gasteiger partial charge in [-0.25, -0.2) is 0 Å². The predicted molar refractivity (Wildman–Crippen MR) is 99.4 cm³/mol. The van der Waals surface area contributed by atoms with Gasteiger partial charge < -0.3 is 5.11 Å². The Labute approximate surface area is 150 Å². The molecule has 0 radical (unpaired) electrons. The molecule has 2 rings (SSSR count). The van der Waals surface area contributed by atoms with Crippen LogP contribution in [0.4, 0.5) is 0 Å². The number of rotatable bonds is 7. The highest BCUT2D eigenvalue weighted by Crippen LogP contribution is 2.33. The molecule has 5 heteroatoms. The first kappa shape index (κ1) is 18.4. The quantitative estimate of drug-likeness (QED) is 0.559. The average molecular weight is 390 g/mol. The molecule has 0 bridgehead atoms. The van der Waals surface area contributed by atoms with Crippen LogP contribution < -0.4 is 0 Å². The van der Waals surface area contributed by atoms with Gasteiger partial charge in [-0.2, -0.15) is 0 Å². The van der Waals surface area contributed by atoms with Crippen LogP contribution in [0.15, 0.2) is 65.1 Å². The molecule has 2 aromatic rings. The molecule has 2 aromatic carbocycles. The van der Waals surface area contributed by atoms with Crippen molar-refractivity contribution in [1.82, 2.24) is 0 Å². The molecule has 0 amide bonds. The number of nitro groups is 1. The van der Waals surface area contributed by atoms with E-state index in [1.807, 2.05) is 67.6 Å². The first-order valence-corrected chi connectivity index (χ1v) is 8.53. The monoisotopic (exact) mass is 389 g/mol. The lowest BCUT2D eigenvalue weighted by Crippen LogP contribution is -2.23. The van der Waals surface area contributed by atoms with Gasteiger partial charge in [0.2, 0.25) is 6.54 Å². The Hall–Kier alpha value is -1.98. The van der Waals surface area contributed by atoms with Crippen LogP contribution in [0.5, 0.6) is 0 Å². The van der Waals surface area contributed by atoms with Gasteiger partial charge in [-0.3, -0.25) is 10.1 Å². The highest BCUT2D eigenvalue weighted by molar-refractivity contribution is 9.10. The fraction of sp³-hybridized carbons (Fsp3) is 0.263. The van der Waals surface area contributed by atoms with Crippen LogP contribution in [0.3, 0.4) is 0 Å². The predicted octanol–water partition coefficient (Wildman–Crippen LogP) is 4.52. The fourth-order valence-corrected chi connectivity index (χ4v) is 3.39. The lowest BCUT2D eigenvalue weighted by atomic mass is 9.84. The molecule has 4 nitrogen and oxygen atoms in total. The summed E-state index contributed by atoms with van der Waals surface area (Å²) in [6.07, 6.45) is 1.93. The first-order valence-electron chi connectivity index (χ1n) is 7.74. The lowest BCUT2D eigenvalue weighted by Gasteiger charge is -2.22. The van der Waals surface area contributed by atoms with Crippen LogP contribution in [-0.4, -0.2) is 23.2 Å². The summed E-state index contributed by atoms with van der Waals surface area (Å²) in [6, 6.07) is 17.3. The molecule has 1 N–H and O–H groups in total. The van der Waals surface area contributed by atoms with Gasteiger partial charge in [0.1, 0.15) is 0 Å². The van der Waals surface area contributed by atoms with E-state index < -0.39 is 5.92 Å². The molecule has 0 fully saturated rings. The maximum absolute atomic E-state index is 11.2. The van der Waals surface area contributed by atoms with Crippen molar-refractivity contribution in [3.8, 4) is 0 Å². The van der Waals surface area contributed by atoms with Gasteiger partial charge in [-0.15, -0.1) is 0 Å². The topological polar surface area (TPSA) is 63.4 Å². The molecule has 0 saturated carbocycles. The van der Waals surface area contributed by atoms with Crippen molar-refractivity contribution >= 4 is 21.5 Å². The third-order valence-electron chi connectivity index (χ3n) is 4.07. The Morgan fingerprint density at radius 2 is 1.83 bits per heavy atom. The van der Waals surface area contributed by atoms with Crippen LogP contribution in [0.25, 0.3) is 5.57 Å². The molecule has 126 valence electrons. The van der Waals surface area contributed by atoms with E-state index in [1.54, 1.807) is 0 Å². The zero-order chi connectivity index (χ0) is 17.5. The number of hydrogen-bond acceptors (Lipinski definition) is 3. The second-order valence-corrected chi connectivity index (χ2v) is 6.56. The Kier molecular flexibility index (Phi) is 6.70. The van der Waals surface area contributed by atoms with Crippen LogP contribution in [0, 0.1) is 16.0 Å². The van der Waals surface area contributed by atoms with E-state index in [1.165, 1.54) is 0 Å². The summed E-state index contributed by atoms with van der Waals surface area (Å²) >= 11 is 3.47. The summed E-state index contributed by atoms with van der Waals surface area (Å²) in [5, 5.41) is 21.0. The van der Waals surface area contributed by atoms with Gasteiger partial charge in [0.15, 0.2) is 0 Å². The number of aliphatic hydroxyl groups excluding tert-OH is 1. The molecule has 0 aliphatic rings. The molecule has 0 heterocycles. The van der Waals surface area contributed by atoms with Crippen LogP contribution in [0.1, 0.15) is 24.0 Å². The number of nitrogens with zero attached hydrogens (tertiary/aromatic N) is 1. The minimum absolute atomic E-state index is 0.149. The van der Waals surface area contributed by atoms with E-state index >= 15 is 0 Å². The first-order chi connectivity index (χ1) is 11.5. The largest absolute Gasteiger partial charge is 0.396 e. The van der Waals surface area contributed by atoms with E-state index in [-0.39, 0.29) is 24.0 Å². The Balaban J connectivity index is 2.39. The smallest absolute Gasteiger partial charge is 0.211 e. The van der Waals surface area contributed by atoms with Crippen molar-refractivity contribution in [1.29, 1.82) is 0 Å². The molecule has 0 unspecified atom stereocenters. The summed E-state index contributed by atoms with van der Waals surface area (Å²) in [7, 11) is 0. The number of hydrogen-bond donors (Lipinski definition) is 1. The van der Waals surface area contributed by atoms with Crippen LogP contribution >= 0.6 is 15.9 Å². The molecule has 0 spiro atoms. The van der Waals surface area contributed by atoms with Gasteiger partial charge in [0, 0.05) is 15.3 Å². The van der Waals surface area contributed by atoms with Crippen molar-refractivity contribution in [2.45, 2.75) is 12.8 Å². The van der Waals surface area contributed by atoms with E-state index in [2.05, 4.69) is 15.9 Å². The Morgan fingerprint density at radius 3 is 2.42 bits per heavy atom.